The van der Waals surface area contributed by atoms with Crippen molar-refractivity contribution >= 4 is 11.9 Å². The highest BCUT2D eigenvalue weighted by molar-refractivity contribution is 5.80. The number of aromatic nitrogens is 3. The largest absolute Gasteiger partial charge is 0.355 e. The van der Waals surface area contributed by atoms with Crippen molar-refractivity contribution in [3.8, 4) is 0 Å². The zero-order valence-electron chi connectivity index (χ0n) is 17.2. The van der Waals surface area contributed by atoms with Crippen LogP contribution in [0.5, 0.6) is 0 Å². The van der Waals surface area contributed by atoms with E-state index >= 15 is 0 Å². The summed E-state index contributed by atoms with van der Waals surface area (Å²) in [7, 11) is 1.79. The topological polar surface area (TPSA) is 90.7 Å². The lowest BCUT2D eigenvalue weighted by molar-refractivity contribution is -0.139. The lowest BCUT2D eigenvalue weighted by Crippen LogP contribution is -2.52. The second-order valence-corrected chi connectivity index (χ2v) is 7.51. The molecule has 2 fully saturated rings. The van der Waals surface area contributed by atoms with E-state index in [9.17, 15) is 4.79 Å². The molecule has 0 aromatic carbocycles. The van der Waals surface area contributed by atoms with Crippen molar-refractivity contribution in [3.05, 3.63) is 12.2 Å². The van der Waals surface area contributed by atoms with E-state index in [1.54, 1.807) is 13.4 Å². The molecule has 1 aliphatic carbocycles. The summed E-state index contributed by atoms with van der Waals surface area (Å²) in [6, 6.07) is 0. The van der Waals surface area contributed by atoms with Crippen molar-refractivity contribution in [1.82, 2.24) is 35.2 Å². The average molecular weight is 391 g/mol. The molecular formula is C19H34N8O. The van der Waals surface area contributed by atoms with Crippen LogP contribution >= 0.6 is 0 Å². The summed E-state index contributed by atoms with van der Waals surface area (Å²) in [4.78, 5) is 21.1. The predicted molar refractivity (Wildman–Crippen MR) is 109 cm³/mol. The van der Waals surface area contributed by atoms with Gasteiger partial charge in [-0.3, -0.25) is 14.7 Å². The highest BCUT2D eigenvalue weighted by Gasteiger charge is 2.30. The Morgan fingerprint density at radius 1 is 1.18 bits per heavy atom. The molecule has 9 nitrogen and oxygen atoms in total. The van der Waals surface area contributed by atoms with Gasteiger partial charge in [0.15, 0.2) is 5.96 Å². The summed E-state index contributed by atoms with van der Waals surface area (Å²) in [6.07, 6.45) is 6.05. The molecule has 0 spiro atoms. The number of hydrogen-bond donors (Lipinski definition) is 2. The van der Waals surface area contributed by atoms with Crippen LogP contribution in [0.25, 0.3) is 0 Å². The number of rotatable bonds is 8. The molecule has 1 aromatic rings. The van der Waals surface area contributed by atoms with Crippen LogP contribution in [0.2, 0.25) is 0 Å². The Kier molecular flexibility index (Phi) is 7.64. The highest BCUT2D eigenvalue weighted by Crippen LogP contribution is 2.28. The normalized spacial score (nSPS) is 18.8. The van der Waals surface area contributed by atoms with Crippen molar-refractivity contribution in [1.29, 1.82) is 0 Å². The van der Waals surface area contributed by atoms with Gasteiger partial charge in [0.2, 0.25) is 5.91 Å². The molecule has 0 atom stereocenters. The van der Waals surface area contributed by atoms with E-state index in [1.807, 2.05) is 0 Å². The van der Waals surface area contributed by atoms with Gasteiger partial charge in [-0.05, 0) is 12.8 Å². The Hall–Kier alpha value is -2.16. The fourth-order valence-corrected chi connectivity index (χ4v) is 3.69. The maximum absolute atomic E-state index is 12.3. The quantitative estimate of drug-likeness (QED) is 0.478. The van der Waals surface area contributed by atoms with Gasteiger partial charge in [0.05, 0.1) is 0 Å². The Bertz CT molecular complexity index is 646. The molecule has 0 unspecified atom stereocenters. The number of guanidine groups is 1. The van der Waals surface area contributed by atoms with Crippen molar-refractivity contribution < 1.29 is 4.79 Å². The lowest BCUT2D eigenvalue weighted by Gasteiger charge is -2.38. The number of carbonyl (C=O) groups excluding carboxylic acids is 1. The Labute approximate surface area is 167 Å². The second kappa shape index (κ2) is 10.4. The molecule has 1 aromatic heterocycles. The van der Waals surface area contributed by atoms with Gasteiger partial charge in [0.25, 0.3) is 0 Å². The Morgan fingerprint density at radius 3 is 2.50 bits per heavy atom. The Morgan fingerprint density at radius 2 is 1.89 bits per heavy atom. The van der Waals surface area contributed by atoms with E-state index in [0.717, 1.165) is 83.4 Å². The molecule has 1 saturated heterocycles. The van der Waals surface area contributed by atoms with Crippen molar-refractivity contribution in [2.24, 2.45) is 10.9 Å². The van der Waals surface area contributed by atoms with Crippen LogP contribution in [0.15, 0.2) is 11.3 Å². The van der Waals surface area contributed by atoms with E-state index in [2.05, 4.69) is 47.1 Å². The first-order valence-corrected chi connectivity index (χ1v) is 10.5. The maximum atomic E-state index is 12.3. The second-order valence-electron chi connectivity index (χ2n) is 7.51. The van der Waals surface area contributed by atoms with Gasteiger partial charge in [-0.2, -0.15) is 0 Å². The third-order valence-corrected chi connectivity index (χ3v) is 5.74. The molecule has 9 heteroatoms. The number of amides is 1. The number of aryl methyl sites for hydroxylation is 1. The summed E-state index contributed by atoms with van der Waals surface area (Å²) < 4.78 is 2.06. The van der Waals surface area contributed by atoms with Crippen LogP contribution in [0.3, 0.4) is 0 Å². The molecule has 1 saturated carbocycles. The molecular weight excluding hydrogens is 356 g/mol. The fraction of sp³-hybridized carbons (Fsp3) is 0.789. The summed E-state index contributed by atoms with van der Waals surface area (Å²) in [5, 5.41) is 14.8. The van der Waals surface area contributed by atoms with Gasteiger partial charge in [-0.15, -0.1) is 10.2 Å². The van der Waals surface area contributed by atoms with E-state index < -0.39 is 0 Å². The maximum Gasteiger partial charge on any atom is 0.225 e. The van der Waals surface area contributed by atoms with Crippen molar-refractivity contribution in [2.75, 3.05) is 52.9 Å². The zero-order chi connectivity index (χ0) is 19.8. The van der Waals surface area contributed by atoms with Crippen LogP contribution in [-0.2, 0) is 17.8 Å². The van der Waals surface area contributed by atoms with Crippen LogP contribution in [0, 0.1) is 5.92 Å². The molecule has 2 aliphatic rings. The summed E-state index contributed by atoms with van der Waals surface area (Å²) in [6.45, 7) is 9.10. The number of nitrogens with one attached hydrogen (secondary N) is 2. The molecule has 3 rings (SSSR count). The van der Waals surface area contributed by atoms with Gasteiger partial charge in [0.1, 0.15) is 12.2 Å². The summed E-state index contributed by atoms with van der Waals surface area (Å²) in [5.41, 5.74) is 0. The molecule has 0 radical (unpaired) electrons. The van der Waals surface area contributed by atoms with Crippen LogP contribution in [0.4, 0.5) is 0 Å². The van der Waals surface area contributed by atoms with Gasteiger partial charge < -0.3 is 20.1 Å². The lowest BCUT2D eigenvalue weighted by atomic mass is 9.84. The van der Waals surface area contributed by atoms with Crippen LogP contribution in [0.1, 0.15) is 32.0 Å². The van der Waals surface area contributed by atoms with Crippen molar-refractivity contribution in [3.63, 3.8) is 0 Å². The van der Waals surface area contributed by atoms with E-state index in [-0.39, 0.29) is 0 Å². The van der Waals surface area contributed by atoms with Gasteiger partial charge in [-0.1, -0.05) is 13.3 Å². The summed E-state index contributed by atoms with van der Waals surface area (Å²) >= 11 is 0. The number of nitrogens with zero attached hydrogens (tertiary/aromatic N) is 6. The third-order valence-electron chi connectivity index (χ3n) is 5.74. The first-order chi connectivity index (χ1) is 13.7. The van der Waals surface area contributed by atoms with Crippen LogP contribution in [-0.4, -0.2) is 89.3 Å². The average Bonchev–Trinajstić information content (AvgIpc) is 3.13. The minimum absolute atomic E-state index is 0.314. The number of piperazine rings is 1. The first-order valence-electron chi connectivity index (χ1n) is 10.5. The molecule has 1 aliphatic heterocycles. The Balaban J connectivity index is 1.29. The summed E-state index contributed by atoms with van der Waals surface area (Å²) in [5.74, 6) is 2.51. The molecule has 0 bridgehead atoms. The van der Waals surface area contributed by atoms with E-state index in [1.165, 1.54) is 6.42 Å². The zero-order valence-corrected chi connectivity index (χ0v) is 17.2. The highest BCUT2D eigenvalue weighted by atomic mass is 16.2. The standard InChI is InChI=1S/C19H34N8O/c1-3-17-24-23-15-27(17)10-8-22-19(20-2)21-7-9-25-11-13-26(14-12-25)18(28)16-5-4-6-16/h15-16H,3-14H2,1-2H3,(H2,20,21,22). The molecule has 28 heavy (non-hydrogen) atoms. The SMILES string of the molecule is CCc1nncn1CCNC(=NC)NCCN1CCN(C(=O)C2CCC2)CC1. The van der Waals surface area contributed by atoms with E-state index in [0.29, 0.717) is 11.8 Å². The van der Waals surface area contributed by atoms with Crippen LogP contribution < -0.4 is 10.6 Å². The number of hydrogen-bond acceptors (Lipinski definition) is 5. The van der Waals surface area contributed by atoms with Gasteiger partial charge >= 0.3 is 0 Å². The number of aliphatic imine (C=N–C) groups is 1. The predicted octanol–water partition coefficient (Wildman–Crippen LogP) is -0.0502. The van der Waals surface area contributed by atoms with E-state index in [4.69, 9.17) is 0 Å². The molecule has 1 amide bonds. The first kappa shape index (κ1) is 20.6. The van der Waals surface area contributed by atoms with Gasteiger partial charge in [0, 0.05) is 71.7 Å². The molecule has 2 heterocycles. The number of carbonyl (C=O) groups is 1. The monoisotopic (exact) mass is 390 g/mol. The minimum Gasteiger partial charge on any atom is -0.355 e. The van der Waals surface area contributed by atoms with Crippen molar-refractivity contribution in [2.45, 2.75) is 39.2 Å². The fourth-order valence-electron chi connectivity index (χ4n) is 3.69. The van der Waals surface area contributed by atoms with Gasteiger partial charge in [-0.25, -0.2) is 0 Å². The third kappa shape index (κ3) is 5.43. The minimum atomic E-state index is 0.314. The molecule has 2 N–H and O–H groups in total. The molecule has 156 valence electrons. The smallest absolute Gasteiger partial charge is 0.225 e.